The number of nitrogens with two attached hydrogens (primary N) is 1. The standard InChI is InChI=1S/C18H26N2O2S.ClH/c1-13-3-5-14(6-4-13)17(21)15-7-10-20(11-8-15)18(22)16(19)9-12-23-2;/h3-6,15-16H,7-12,19H2,1-2H3;1H/t16-;/m0./s1. The lowest BCUT2D eigenvalue weighted by Gasteiger charge is -2.33. The Bertz CT molecular complexity index is 542. The summed E-state index contributed by atoms with van der Waals surface area (Å²) in [5, 5.41) is 0. The van der Waals surface area contributed by atoms with Gasteiger partial charge in [0, 0.05) is 24.6 Å². The second kappa shape index (κ2) is 10.1. The number of Topliss-reactive ketones (excluding diaryl/α,β-unsaturated/α-hetero) is 1. The quantitative estimate of drug-likeness (QED) is 0.782. The predicted molar refractivity (Wildman–Crippen MR) is 103 cm³/mol. The minimum atomic E-state index is -0.410. The van der Waals surface area contributed by atoms with Gasteiger partial charge in [-0.3, -0.25) is 9.59 Å². The summed E-state index contributed by atoms with van der Waals surface area (Å²) < 4.78 is 0. The predicted octanol–water partition coefficient (Wildman–Crippen LogP) is 2.92. The molecule has 0 unspecified atom stereocenters. The van der Waals surface area contributed by atoms with Crippen molar-refractivity contribution in [3.8, 4) is 0 Å². The van der Waals surface area contributed by atoms with Gasteiger partial charge in [0.15, 0.2) is 5.78 Å². The molecule has 1 fully saturated rings. The lowest BCUT2D eigenvalue weighted by atomic mass is 9.88. The highest BCUT2D eigenvalue weighted by molar-refractivity contribution is 7.98. The molecule has 0 spiro atoms. The van der Waals surface area contributed by atoms with Gasteiger partial charge in [-0.2, -0.15) is 11.8 Å². The topological polar surface area (TPSA) is 63.4 Å². The van der Waals surface area contributed by atoms with E-state index in [-0.39, 0.29) is 30.0 Å². The molecule has 2 rings (SSSR count). The van der Waals surface area contributed by atoms with Crippen molar-refractivity contribution in [1.29, 1.82) is 0 Å². The number of thioether (sulfide) groups is 1. The molecule has 1 aromatic rings. The summed E-state index contributed by atoms with van der Waals surface area (Å²) in [5.41, 5.74) is 7.89. The summed E-state index contributed by atoms with van der Waals surface area (Å²) in [6, 6.07) is 7.32. The molecule has 1 amide bonds. The van der Waals surface area contributed by atoms with Crippen LogP contribution in [0.3, 0.4) is 0 Å². The Balaban J connectivity index is 0.00000288. The molecule has 0 radical (unpaired) electrons. The molecule has 1 aliphatic rings. The van der Waals surface area contributed by atoms with E-state index >= 15 is 0 Å². The van der Waals surface area contributed by atoms with Crippen LogP contribution < -0.4 is 5.73 Å². The van der Waals surface area contributed by atoms with Crippen LogP contribution in [0.2, 0.25) is 0 Å². The molecule has 6 heteroatoms. The van der Waals surface area contributed by atoms with E-state index in [4.69, 9.17) is 5.73 Å². The maximum atomic E-state index is 12.5. The molecule has 0 aromatic heterocycles. The Morgan fingerprint density at radius 2 is 1.83 bits per heavy atom. The Hall–Kier alpha value is -1.04. The largest absolute Gasteiger partial charge is 0.341 e. The van der Waals surface area contributed by atoms with Crippen LogP contribution in [-0.2, 0) is 4.79 Å². The zero-order valence-corrected chi connectivity index (χ0v) is 16.0. The van der Waals surface area contributed by atoms with E-state index in [1.807, 2.05) is 42.3 Å². The summed E-state index contributed by atoms with van der Waals surface area (Å²) in [5.74, 6) is 1.14. The summed E-state index contributed by atoms with van der Waals surface area (Å²) in [6.07, 6.45) is 4.18. The zero-order chi connectivity index (χ0) is 16.8. The average molecular weight is 371 g/mol. The normalized spacial score (nSPS) is 16.4. The van der Waals surface area contributed by atoms with Gasteiger partial charge in [-0.25, -0.2) is 0 Å². The first-order valence-corrected chi connectivity index (χ1v) is 9.56. The maximum absolute atomic E-state index is 12.5. The lowest BCUT2D eigenvalue weighted by molar-refractivity contribution is -0.133. The Kier molecular flexibility index (Phi) is 8.81. The van der Waals surface area contributed by atoms with Crippen molar-refractivity contribution in [2.75, 3.05) is 25.1 Å². The van der Waals surface area contributed by atoms with E-state index in [1.54, 1.807) is 11.8 Å². The van der Waals surface area contributed by atoms with Crippen molar-refractivity contribution in [3.63, 3.8) is 0 Å². The number of piperidine rings is 1. The molecule has 1 heterocycles. The van der Waals surface area contributed by atoms with Gasteiger partial charge < -0.3 is 10.6 Å². The number of nitrogens with zero attached hydrogens (tertiary/aromatic N) is 1. The van der Waals surface area contributed by atoms with Gasteiger partial charge in [0.05, 0.1) is 6.04 Å². The average Bonchev–Trinajstić information content (AvgIpc) is 2.59. The monoisotopic (exact) mass is 370 g/mol. The first kappa shape index (κ1) is 21.0. The molecule has 1 aromatic carbocycles. The number of halogens is 1. The molecule has 1 atom stereocenters. The number of benzene rings is 1. The molecule has 24 heavy (non-hydrogen) atoms. The molecule has 134 valence electrons. The molecule has 1 aliphatic heterocycles. The molecule has 0 aliphatic carbocycles. The van der Waals surface area contributed by atoms with Crippen LogP contribution in [0.5, 0.6) is 0 Å². The fraction of sp³-hybridized carbons (Fsp3) is 0.556. The van der Waals surface area contributed by atoms with E-state index in [0.717, 1.165) is 29.7 Å². The molecule has 1 saturated heterocycles. The third-order valence-corrected chi connectivity index (χ3v) is 5.11. The number of ketones is 1. The minimum absolute atomic E-state index is 0. The number of rotatable bonds is 6. The third kappa shape index (κ3) is 5.50. The fourth-order valence-corrected chi connectivity index (χ4v) is 3.41. The second-order valence-electron chi connectivity index (χ2n) is 6.22. The van der Waals surface area contributed by atoms with Crippen molar-refractivity contribution in [3.05, 3.63) is 35.4 Å². The summed E-state index contributed by atoms with van der Waals surface area (Å²) in [6.45, 7) is 3.28. The van der Waals surface area contributed by atoms with Gasteiger partial charge in [-0.15, -0.1) is 12.4 Å². The van der Waals surface area contributed by atoms with E-state index in [1.165, 1.54) is 0 Å². The lowest BCUT2D eigenvalue weighted by Crippen LogP contribution is -2.48. The number of likely N-dealkylation sites (tertiary alicyclic amines) is 1. The second-order valence-corrected chi connectivity index (χ2v) is 7.20. The molecule has 0 saturated carbocycles. The van der Waals surface area contributed by atoms with Gasteiger partial charge in [-0.05, 0) is 38.2 Å². The van der Waals surface area contributed by atoms with Crippen molar-refractivity contribution in [2.45, 2.75) is 32.2 Å². The smallest absolute Gasteiger partial charge is 0.239 e. The molecule has 4 nitrogen and oxygen atoms in total. The van der Waals surface area contributed by atoms with Crippen LogP contribution in [0.15, 0.2) is 24.3 Å². The maximum Gasteiger partial charge on any atom is 0.239 e. The van der Waals surface area contributed by atoms with E-state index < -0.39 is 6.04 Å². The third-order valence-electron chi connectivity index (χ3n) is 4.46. The first-order chi connectivity index (χ1) is 11.0. The summed E-state index contributed by atoms with van der Waals surface area (Å²) >= 11 is 1.70. The van der Waals surface area contributed by atoms with Crippen molar-refractivity contribution in [1.82, 2.24) is 4.90 Å². The number of hydrogen-bond donors (Lipinski definition) is 1. The summed E-state index contributed by atoms with van der Waals surface area (Å²) in [7, 11) is 0. The molecule has 0 bridgehead atoms. The highest BCUT2D eigenvalue weighted by Crippen LogP contribution is 2.22. The number of amides is 1. The van der Waals surface area contributed by atoms with Gasteiger partial charge in [0.25, 0.3) is 0 Å². The fourth-order valence-electron chi connectivity index (χ4n) is 2.92. The van der Waals surface area contributed by atoms with Gasteiger partial charge in [0.1, 0.15) is 0 Å². The van der Waals surface area contributed by atoms with Crippen LogP contribution in [-0.4, -0.2) is 47.7 Å². The zero-order valence-electron chi connectivity index (χ0n) is 14.4. The molecular formula is C18H27ClN2O2S. The first-order valence-electron chi connectivity index (χ1n) is 8.17. The molecular weight excluding hydrogens is 344 g/mol. The van der Waals surface area contributed by atoms with Gasteiger partial charge in [0.2, 0.25) is 5.91 Å². The highest BCUT2D eigenvalue weighted by Gasteiger charge is 2.29. The Morgan fingerprint density at radius 3 is 2.38 bits per heavy atom. The van der Waals surface area contributed by atoms with Crippen LogP contribution in [0, 0.1) is 12.8 Å². The SMILES string of the molecule is CSCC[C@H](N)C(=O)N1CCC(C(=O)c2ccc(C)cc2)CC1.Cl. The van der Waals surface area contributed by atoms with Gasteiger partial charge in [-0.1, -0.05) is 29.8 Å². The number of carbonyl (C=O) groups excluding carboxylic acids is 2. The Morgan fingerprint density at radius 1 is 1.25 bits per heavy atom. The number of hydrogen-bond acceptors (Lipinski definition) is 4. The number of carbonyl (C=O) groups is 2. The van der Waals surface area contributed by atoms with Crippen LogP contribution in [0.4, 0.5) is 0 Å². The van der Waals surface area contributed by atoms with E-state index in [2.05, 4.69) is 0 Å². The highest BCUT2D eigenvalue weighted by atomic mass is 35.5. The molecule has 2 N–H and O–H groups in total. The van der Waals surface area contributed by atoms with Gasteiger partial charge >= 0.3 is 0 Å². The Labute approximate surface area is 155 Å². The van der Waals surface area contributed by atoms with Crippen LogP contribution in [0.1, 0.15) is 35.2 Å². The van der Waals surface area contributed by atoms with Crippen molar-refractivity contribution in [2.24, 2.45) is 11.7 Å². The van der Waals surface area contributed by atoms with Crippen LogP contribution >= 0.6 is 24.2 Å². The van der Waals surface area contributed by atoms with Crippen molar-refractivity contribution < 1.29 is 9.59 Å². The number of aryl methyl sites for hydroxylation is 1. The minimum Gasteiger partial charge on any atom is -0.341 e. The van der Waals surface area contributed by atoms with E-state index in [9.17, 15) is 9.59 Å². The van der Waals surface area contributed by atoms with Crippen molar-refractivity contribution >= 4 is 35.9 Å². The van der Waals surface area contributed by atoms with E-state index in [0.29, 0.717) is 19.5 Å². The van der Waals surface area contributed by atoms with Crippen LogP contribution in [0.25, 0.3) is 0 Å². The summed E-state index contributed by atoms with van der Waals surface area (Å²) in [4.78, 5) is 26.6.